The first-order valence-electron chi connectivity index (χ1n) is 4.75. The summed E-state index contributed by atoms with van der Waals surface area (Å²) in [6.07, 6.45) is 3.32. The maximum atomic E-state index is 11.0. The molecule has 0 aliphatic heterocycles. The lowest BCUT2D eigenvalue weighted by Crippen LogP contribution is -2.01. The van der Waals surface area contributed by atoms with E-state index in [1.807, 2.05) is 6.07 Å². The Kier molecular flexibility index (Phi) is 4.09. The van der Waals surface area contributed by atoms with E-state index in [1.165, 1.54) is 0 Å². The van der Waals surface area contributed by atoms with E-state index in [0.29, 0.717) is 12.3 Å². The van der Waals surface area contributed by atoms with Crippen molar-refractivity contribution in [3.05, 3.63) is 17.3 Å². The van der Waals surface area contributed by atoms with Gasteiger partial charge >= 0.3 is 5.97 Å². The summed E-state index contributed by atoms with van der Waals surface area (Å²) < 4.78 is 4.74. The number of nitrogens with one attached hydrogen (secondary N) is 1. The number of rotatable bonds is 4. The van der Waals surface area contributed by atoms with Gasteiger partial charge in [-0.3, -0.25) is 9.89 Å². The molecule has 84 valence electrons. The van der Waals surface area contributed by atoms with E-state index in [2.05, 4.69) is 10.2 Å². The minimum absolute atomic E-state index is 0.150. The molecule has 3 N–H and O–H groups in total. The average molecular weight is 220 g/mol. The number of H-pyrrole nitrogens is 1. The molecule has 6 heteroatoms. The molecule has 1 rings (SSSR count). The molecule has 16 heavy (non-hydrogen) atoms. The summed E-state index contributed by atoms with van der Waals surface area (Å²) in [6.45, 7) is 2.10. The average Bonchev–Trinajstić information content (AvgIpc) is 2.60. The summed E-state index contributed by atoms with van der Waals surface area (Å²) >= 11 is 0. The molecular weight excluding hydrogens is 208 g/mol. The Morgan fingerprint density at radius 2 is 2.50 bits per heavy atom. The van der Waals surface area contributed by atoms with Crippen LogP contribution in [0.15, 0.2) is 6.08 Å². The van der Waals surface area contributed by atoms with Crippen LogP contribution in [0.1, 0.15) is 24.6 Å². The van der Waals surface area contributed by atoms with Gasteiger partial charge in [0.1, 0.15) is 11.6 Å². The number of aromatic nitrogens is 2. The molecule has 0 saturated heterocycles. The lowest BCUT2D eigenvalue weighted by Gasteiger charge is -1.96. The minimum atomic E-state index is -0.315. The van der Waals surface area contributed by atoms with Crippen molar-refractivity contribution in [3.63, 3.8) is 0 Å². The standard InChI is InChI=1S/C10H12N4O2/c1-2-16-9(15)5-3-4-8-7(6-11)10(12)14-13-8/h3-4H,2,5H2,1H3,(H3,12,13,14). The van der Waals surface area contributed by atoms with Crippen LogP contribution >= 0.6 is 0 Å². The van der Waals surface area contributed by atoms with Gasteiger partial charge in [0.25, 0.3) is 0 Å². The van der Waals surface area contributed by atoms with E-state index in [0.717, 1.165) is 0 Å². The third-order valence-corrected chi connectivity index (χ3v) is 1.81. The Morgan fingerprint density at radius 3 is 3.12 bits per heavy atom. The van der Waals surface area contributed by atoms with Crippen LogP contribution in [-0.4, -0.2) is 22.8 Å². The van der Waals surface area contributed by atoms with Crippen LogP contribution in [0.5, 0.6) is 0 Å². The number of aromatic amines is 1. The molecule has 0 aliphatic carbocycles. The Balaban J connectivity index is 2.63. The van der Waals surface area contributed by atoms with E-state index >= 15 is 0 Å². The maximum Gasteiger partial charge on any atom is 0.309 e. The van der Waals surface area contributed by atoms with Crippen molar-refractivity contribution in [1.82, 2.24) is 10.2 Å². The first-order chi connectivity index (χ1) is 7.69. The van der Waals surface area contributed by atoms with Crippen LogP contribution in [0.3, 0.4) is 0 Å². The highest BCUT2D eigenvalue weighted by Crippen LogP contribution is 2.13. The third kappa shape index (κ3) is 2.85. The number of nitrogens with two attached hydrogens (primary N) is 1. The Bertz CT molecular complexity index is 442. The number of nitrogen functional groups attached to an aromatic ring is 1. The molecule has 1 aromatic rings. The SMILES string of the molecule is CCOC(=O)CC=Cc1[nH]nc(N)c1C#N. The van der Waals surface area contributed by atoms with Crippen molar-refractivity contribution < 1.29 is 9.53 Å². The molecule has 0 amide bonds. The Morgan fingerprint density at radius 1 is 1.75 bits per heavy atom. The lowest BCUT2D eigenvalue weighted by molar-refractivity contribution is -0.142. The molecule has 0 aromatic carbocycles. The Hall–Kier alpha value is -2.29. The lowest BCUT2D eigenvalue weighted by atomic mass is 10.2. The number of ether oxygens (including phenoxy) is 1. The first kappa shape index (κ1) is 11.8. The van der Waals surface area contributed by atoms with Gasteiger partial charge in [0.15, 0.2) is 5.82 Å². The van der Waals surface area contributed by atoms with Crippen molar-refractivity contribution in [2.75, 3.05) is 12.3 Å². The topological polar surface area (TPSA) is 105 Å². The fourth-order valence-corrected chi connectivity index (χ4v) is 1.10. The predicted molar refractivity (Wildman–Crippen MR) is 58.0 cm³/mol. The molecule has 0 radical (unpaired) electrons. The van der Waals surface area contributed by atoms with Crippen molar-refractivity contribution in [1.29, 1.82) is 5.26 Å². The fraction of sp³-hybridized carbons (Fsp3) is 0.300. The zero-order valence-electron chi connectivity index (χ0n) is 8.86. The summed E-state index contributed by atoms with van der Waals surface area (Å²) in [6, 6.07) is 1.92. The molecule has 0 fully saturated rings. The van der Waals surface area contributed by atoms with Crippen LogP contribution in [-0.2, 0) is 9.53 Å². The van der Waals surface area contributed by atoms with Gasteiger partial charge in [-0.2, -0.15) is 10.4 Å². The molecule has 1 aromatic heterocycles. The number of nitrogens with zero attached hydrogens (tertiary/aromatic N) is 2. The highest BCUT2D eigenvalue weighted by atomic mass is 16.5. The second kappa shape index (κ2) is 5.56. The van der Waals surface area contributed by atoms with Gasteiger partial charge in [-0.05, 0) is 13.0 Å². The molecule has 0 spiro atoms. The largest absolute Gasteiger partial charge is 0.466 e. The monoisotopic (exact) mass is 220 g/mol. The van der Waals surface area contributed by atoms with E-state index in [9.17, 15) is 4.79 Å². The maximum absolute atomic E-state index is 11.0. The van der Waals surface area contributed by atoms with Crippen LogP contribution in [0, 0.1) is 11.3 Å². The number of nitriles is 1. The number of esters is 1. The van der Waals surface area contributed by atoms with E-state index in [4.69, 9.17) is 15.7 Å². The molecule has 0 saturated carbocycles. The van der Waals surface area contributed by atoms with Gasteiger partial charge in [0, 0.05) is 0 Å². The summed E-state index contributed by atoms with van der Waals surface area (Å²) in [5.41, 5.74) is 6.21. The highest BCUT2D eigenvalue weighted by molar-refractivity contribution is 5.73. The molecule has 0 unspecified atom stereocenters. The van der Waals surface area contributed by atoms with Gasteiger partial charge in [-0.25, -0.2) is 0 Å². The highest BCUT2D eigenvalue weighted by Gasteiger charge is 2.06. The second-order valence-electron chi connectivity index (χ2n) is 2.92. The molecular formula is C10H12N4O2. The van der Waals surface area contributed by atoms with E-state index in [-0.39, 0.29) is 23.8 Å². The minimum Gasteiger partial charge on any atom is -0.466 e. The zero-order chi connectivity index (χ0) is 12.0. The molecule has 1 heterocycles. The smallest absolute Gasteiger partial charge is 0.309 e. The van der Waals surface area contributed by atoms with E-state index < -0.39 is 0 Å². The number of carbonyl (C=O) groups excluding carboxylic acids is 1. The van der Waals surface area contributed by atoms with Crippen molar-refractivity contribution in [3.8, 4) is 6.07 Å². The molecule has 0 atom stereocenters. The summed E-state index contributed by atoms with van der Waals surface area (Å²) in [5.74, 6) is -0.164. The number of hydrogen-bond donors (Lipinski definition) is 2. The zero-order valence-corrected chi connectivity index (χ0v) is 8.86. The molecule has 0 aliphatic rings. The number of carbonyl (C=O) groups is 1. The third-order valence-electron chi connectivity index (χ3n) is 1.81. The van der Waals surface area contributed by atoms with Gasteiger partial charge in [0.2, 0.25) is 0 Å². The first-order valence-corrected chi connectivity index (χ1v) is 4.75. The number of hydrogen-bond acceptors (Lipinski definition) is 5. The van der Waals surface area contributed by atoms with Gasteiger partial charge in [-0.15, -0.1) is 0 Å². The van der Waals surface area contributed by atoms with Gasteiger partial charge in [-0.1, -0.05) is 6.08 Å². The predicted octanol–water partition coefficient (Wildman–Crippen LogP) is 0.830. The van der Waals surface area contributed by atoms with Crippen LogP contribution < -0.4 is 5.73 Å². The summed E-state index contributed by atoms with van der Waals surface area (Å²) in [4.78, 5) is 11.0. The normalized spacial score (nSPS) is 10.2. The molecule has 6 nitrogen and oxygen atoms in total. The van der Waals surface area contributed by atoms with Crippen LogP contribution in [0.2, 0.25) is 0 Å². The Labute approximate surface area is 92.7 Å². The molecule has 0 bridgehead atoms. The quantitative estimate of drug-likeness (QED) is 0.731. The second-order valence-corrected chi connectivity index (χ2v) is 2.92. The van der Waals surface area contributed by atoms with Crippen LogP contribution in [0.25, 0.3) is 6.08 Å². The van der Waals surface area contributed by atoms with Crippen molar-refractivity contribution >= 4 is 17.9 Å². The van der Waals surface area contributed by atoms with E-state index in [1.54, 1.807) is 19.1 Å². The van der Waals surface area contributed by atoms with Crippen molar-refractivity contribution in [2.45, 2.75) is 13.3 Å². The fourth-order valence-electron chi connectivity index (χ4n) is 1.10. The summed E-state index contributed by atoms with van der Waals surface area (Å²) in [5, 5.41) is 15.0. The van der Waals surface area contributed by atoms with Crippen LogP contribution in [0.4, 0.5) is 5.82 Å². The van der Waals surface area contributed by atoms with Gasteiger partial charge in [0.05, 0.1) is 18.7 Å². The van der Waals surface area contributed by atoms with Crippen molar-refractivity contribution in [2.24, 2.45) is 0 Å². The number of anilines is 1. The summed E-state index contributed by atoms with van der Waals surface area (Å²) in [7, 11) is 0. The van der Waals surface area contributed by atoms with Gasteiger partial charge < -0.3 is 10.5 Å².